The second kappa shape index (κ2) is 6.88. The molecule has 0 radical (unpaired) electrons. The quantitative estimate of drug-likeness (QED) is 0.604. The summed E-state index contributed by atoms with van der Waals surface area (Å²) in [5.74, 6) is -0.424. The van der Waals surface area contributed by atoms with Crippen LogP contribution in [0.3, 0.4) is 0 Å². The number of ketones is 1. The van der Waals surface area contributed by atoms with Crippen LogP contribution in [-0.4, -0.2) is 43.7 Å². The summed E-state index contributed by atoms with van der Waals surface area (Å²) < 4.78 is 32.7. The van der Waals surface area contributed by atoms with Crippen LogP contribution < -0.4 is 0 Å². The smallest absolute Gasteiger partial charge is 0.324 e. The van der Waals surface area contributed by atoms with Crippen LogP contribution in [0.5, 0.6) is 0 Å². The van der Waals surface area contributed by atoms with E-state index in [0.29, 0.717) is 12.0 Å². The van der Waals surface area contributed by atoms with Gasteiger partial charge in [0.05, 0.1) is 12.0 Å². The molecule has 0 spiro atoms. The number of hydrogen-bond acceptors (Lipinski definition) is 5. The number of rotatable bonds is 4. The molecule has 0 aromatic heterocycles. The Labute approximate surface area is 148 Å². The Morgan fingerprint density at radius 3 is 2.36 bits per heavy atom. The van der Waals surface area contributed by atoms with E-state index >= 15 is 0 Å². The van der Waals surface area contributed by atoms with E-state index in [1.54, 1.807) is 0 Å². The molecule has 25 heavy (non-hydrogen) atoms. The summed E-state index contributed by atoms with van der Waals surface area (Å²) in [5, 5.41) is 0. The van der Waals surface area contributed by atoms with Gasteiger partial charge in [-0.2, -0.15) is 4.31 Å². The standard InChI is InChI=1S/C18H23NO5S/c1-12(20)13-7-9-15(10-8-13)25(22,23)19-16-6-4-3-5-14(16)11-17(19)18(21)24-2/h7-10,14,16-17H,3-6,11H2,1-2H3/t14-,16-,17-/m0/s1. The molecule has 3 atom stereocenters. The molecular weight excluding hydrogens is 342 g/mol. The van der Waals surface area contributed by atoms with Crippen molar-refractivity contribution in [1.29, 1.82) is 0 Å². The maximum Gasteiger partial charge on any atom is 0.324 e. The van der Waals surface area contributed by atoms with E-state index in [4.69, 9.17) is 4.74 Å². The number of carbonyl (C=O) groups is 2. The number of carbonyl (C=O) groups excluding carboxylic acids is 2. The SMILES string of the molecule is COC(=O)[C@@H]1C[C@@H]2CCCC[C@@H]2N1S(=O)(=O)c1ccc(C(C)=O)cc1. The Kier molecular flexibility index (Phi) is 4.97. The Morgan fingerprint density at radius 1 is 1.12 bits per heavy atom. The maximum atomic E-state index is 13.2. The van der Waals surface area contributed by atoms with Crippen molar-refractivity contribution in [2.45, 2.75) is 56.0 Å². The van der Waals surface area contributed by atoms with E-state index < -0.39 is 22.0 Å². The highest BCUT2D eigenvalue weighted by Crippen LogP contribution is 2.43. The predicted octanol–water partition coefficient (Wildman–Crippen LogP) is 2.38. The molecule has 1 heterocycles. The van der Waals surface area contributed by atoms with E-state index in [9.17, 15) is 18.0 Å². The van der Waals surface area contributed by atoms with Crippen molar-refractivity contribution >= 4 is 21.8 Å². The maximum absolute atomic E-state index is 13.2. The highest BCUT2D eigenvalue weighted by molar-refractivity contribution is 7.89. The zero-order valence-corrected chi connectivity index (χ0v) is 15.3. The molecule has 1 saturated heterocycles. The number of methoxy groups -OCH3 is 1. The summed E-state index contributed by atoms with van der Waals surface area (Å²) >= 11 is 0. The minimum absolute atomic E-state index is 0.109. The van der Waals surface area contributed by atoms with Gasteiger partial charge in [-0.3, -0.25) is 9.59 Å². The molecule has 0 bridgehead atoms. The average molecular weight is 365 g/mol. The summed E-state index contributed by atoms with van der Waals surface area (Å²) in [7, 11) is -2.55. The third-order valence-corrected chi connectivity index (χ3v) is 7.29. The molecule has 1 saturated carbocycles. The van der Waals surface area contributed by atoms with Gasteiger partial charge in [0.1, 0.15) is 6.04 Å². The van der Waals surface area contributed by atoms with Gasteiger partial charge in [-0.15, -0.1) is 0 Å². The first-order valence-electron chi connectivity index (χ1n) is 8.58. The van der Waals surface area contributed by atoms with Gasteiger partial charge in [-0.1, -0.05) is 25.0 Å². The first kappa shape index (κ1) is 18.1. The number of sulfonamides is 1. The summed E-state index contributed by atoms with van der Waals surface area (Å²) in [4.78, 5) is 23.7. The van der Waals surface area contributed by atoms with E-state index in [1.165, 1.54) is 42.6 Å². The molecule has 7 heteroatoms. The monoisotopic (exact) mass is 365 g/mol. The molecule has 1 aliphatic heterocycles. The Balaban J connectivity index is 1.99. The van der Waals surface area contributed by atoms with Gasteiger partial charge in [0.25, 0.3) is 0 Å². The lowest BCUT2D eigenvalue weighted by molar-refractivity contribution is -0.144. The Hall–Kier alpha value is -1.73. The third-order valence-electron chi connectivity index (χ3n) is 5.34. The topological polar surface area (TPSA) is 80.8 Å². The minimum Gasteiger partial charge on any atom is -0.468 e. The second-order valence-corrected chi connectivity index (χ2v) is 8.65. The largest absolute Gasteiger partial charge is 0.468 e. The number of esters is 1. The molecule has 6 nitrogen and oxygen atoms in total. The van der Waals surface area contributed by atoms with Crippen molar-refractivity contribution in [3.8, 4) is 0 Å². The predicted molar refractivity (Wildman–Crippen MR) is 91.6 cm³/mol. The molecule has 1 aliphatic carbocycles. The molecule has 136 valence electrons. The van der Waals surface area contributed by atoms with Gasteiger partial charge in [0, 0.05) is 11.6 Å². The van der Waals surface area contributed by atoms with Crippen molar-refractivity contribution in [2.75, 3.05) is 7.11 Å². The lowest BCUT2D eigenvalue weighted by Crippen LogP contribution is -2.46. The first-order valence-corrected chi connectivity index (χ1v) is 10.0. The lowest BCUT2D eigenvalue weighted by atomic mass is 9.85. The van der Waals surface area contributed by atoms with Crippen LogP contribution in [0.15, 0.2) is 29.2 Å². The summed E-state index contributed by atoms with van der Waals surface area (Å²) in [6, 6.07) is 4.98. The minimum atomic E-state index is -3.83. The molecule has 3 rings (SSSR count). The average Bonchev–Trinajstić information content (AvgIpc) is 3.01. The van der Waals surface area contributed by atoms with Crippen LogP contribution in [0.4, 0.5) is 0 Å². The number of fused-ring (bicyclic) bond motifs is 1. The Bertz CT molecular complexity index is 771. The van der Waals surface area contributed by atoms with E-state index in [1.807, 2.05) is 0 Å². The highest BCUT2D eigenvalue weighted by Gasteiger charge is 2.51. The number of benzene rings is 1. The summed E-state index contributed by atoms with van der Waals surface area (Å²) in [6.07, 6.45) is 4.25. The van der Waals surface area contributed by atoms with Crippen LogP contribution in [0.2, 0.25) is 0 Å². The molecule has 2 fully saturated rings. The van der Waals surface area contributed by atoms with Gasteiger partial charge >= 0.3 is 5.97 Å². The van der Waals surface area contributed by atoms with Crippen LogP contribution in [0.25, 0.3) is 0 Å². The molecule has 2 aliphatic rings. The third kappa shape index (κ3) is 3.22. The fourth-order valence-corrected chi connectivity index (χ4v) is 5.95. The van der Waals surface area contributed by atoms with Crippen molar-refractivity contribution < 1.29 is 22.7 Å². The van der Waals surface area contributed by atoms with Gasteiger partial charge < -0.3 is 4.74 Å². The number of ether oxygens (including phenoxy) is 1. The van der Waals surface area contributed by atoms with Crippen molar-refractivity contribution in [1.82, 2.24) is 4.31 Å². The zero-order valence-electron chi connectivity index (χ0n) is 14.5. The second-order valence-electron chi connectivity index (χ2n) is 6.80. The number of Topliss-reactive ketones (excluding diaryl/α,β-unsaturated/α-hetero) is 1. The fourth-order valence-electron chi connectivity index (χ4n) is 4.09. The number of hydrogen-bond donors (Lipinski definition) is 0. The molecule has 0 amide bonds. The summed E-state index contributed by atoms with van der Waals surface area (Å²) in [5.41, 5.74) is 0.459. The van der Waals surface area contributed by atoms with Crippen molar-refractivity contribution in [3.05, 3.63) is 29.8 Å². The Morgan fingerprint density at radius 2 is 1.76 bits per heavy atom. The van der Waals surface area contributed by atoms with Gasteiger partial charge in [-0.25, -0.2) is 8.42 Å². The lowest BCUT2D eigenvalue weighted by Gasteiger charge is -2.32. The van der Waals surface area contributed by atoms with Crippen molar-refractivity contribution in [3.63, 3.8) is 0 Å². The van der Waals surface area contributed by atoms with Crippen LogP contribution in [0.1, 0.15) is 49.4 Å². The van der Waals surface area contributed by atoms with Gasteiger partial charge in [0.2, 0.25) is 10.0 Å². The van der Waals surface area contributed by atoms with Gasteiger partial charge in [0.15, 0.2) is 5.78 Å². The van der Waals surface area contributed by atoms with Crippen molar-refractivity contribution in [2.24, 2.45) is 5.92 Å². The van der Waals surface area contributed by atoms with Crippen LogP contribution in [-0.2, 0) is 19.6 Å². The molecule has 0 N–H and O–H groups in total. The normalized spacial score (nSPS) is 26.9. The molecule has 1 aromatic rings. The first-order chi connectivity index (χ1) is 11.9. The highest BCUT2D eigenvalue weighted by atomic mass is 32.2. The summed E-state index contributed by atoms with van der Waals surface area (Å²) in [6.45, 7) is 1.43. The molecule has 0 unspecified atom stereocenters. The van der Waals surface area contributed by atoms with E-state index in [-0.39, 0.29) is 22.6 Å². The van der Waals surface area contributed by atoms with E-state index in [0.717, 1.165) is 25.7 Å². The van der Waals surface area contributed by atoms with Crippen LogP contribution >= 0.6 is 0 Å². The number of nitrogens with zero attached hydrogens (tertiary/aromatic N) is 1. The van der Waals surface area contributed by atoms with Crippen LogP contribution in [0, 0.1) is 5.92 Å². The van der Waals surface area contributed by atoms with Gasteiger partial charge in [-0.05, 0) is 44.2 Å². The molecular formula is C18H23NO5S. The van der Waals surface area contributed by atoms with E-state index in [2.05, 4.69) is 0 Å². The zero-order chi connectivity index (χ0) is 18.2. The fraction of sp³-hybridized carbons (Fsp3) is 0.556. The molecule has 1 aromatic carbocycles.